The van der Waals surface area contributed by atoms with Crippen LogP contribution in [0, 0.1) is 6.92 Å². The molecule has 1 amide bonds. The van der Waals surface area contributed by atoms with Crippen LogP contribution in [0.3, 0.4) is 0 Å². The van der Waals surface area contributed by atoms with Crippen molar-refractivity contribution in [2.75, 3.05) is 6.61 Å². The average Bonchev–Trinajstić information content (AvgIpc) is 2.63. The Bertz CT molecular complexity index is 824. The minimum Gasteiger partial charge on any atom is -0.505 e. The number of nitrogens with zero attached hydrogens (tertiary/aromatic N) is 2. The highest BCUT2D eigenvalue weighted by atomic mass is 16.5. The molecule has 2 rings (SSSR count). The number of amides is 1. The zero-order chi connectivity index (χ0) is 20.0. The lowest BCUT2D eigenvalue weighted by Gasteiger charge is -2.19. The van der Waals surface area contributed by atoms with Gasteiger partial charge < -0.3 is 14.9 Å². The van der Waals surface area contributed by atoms with E-state index in [1.54, 1.807) is 6.92 Å². The summed E-state index contributed by atoms with van der Waals surface area (Å²) in [6.07, 6.45) is 2.72. The maximum Gasteiger partial charge on any atom is 0.277 e. The number of aromatic hydroxyl groups is 1. The van der Waals surface area contributed by atoms with Gasteiger partial charge in [-0.05, 0) is 30.0 Å². The van der Waals surface area contributed by atoms with Crippen LogP contribution >= 0.6 is 0 Å². The number of aliphatic hydroxyl groups is 1. The number of nitrogens with one attached hydrogen (secondary N) is 1. The number of ether oxygens (including phenoxy) is 1. The maximum atomic E-state index is 11.9. The quantitative estimate of drug-likeness (QED) is 0.534. The van der Waals surface area contributed by atoms with Crippen LogP contribution in [-0.4, -0.2) is 33.9 Å². The Morgan fingerprint density at radius 1 is 1.30 bits per heavy atom. The van der Waals surface area contributed by atoms with Crippen molar-refractivity contribution in [1.82, 2.24) is 10.4 Å². The fraction of sp³-hybridized carbons (Fsp3) is 0.350. The Morgan fingerprint density at radius 3 is 2.56 bits per heavy atom. The molecule has 0 spiro atoms. The van der Waals surface area contributed by atoms with E-state index in [4.69, 9.17) is 4.74 Å². The molecular formula is C20H25N3O4. The van der Waals surface area contributed by atoms with Crippen LogP contribution in [0.25, 0.3) is 0 Å². The van der Waals surface area contributed by atoms with E-state index < -0.39 is 5.91 Å². The SMILES string of the molecule is Cc1ncc(CO)c(C=NNC(=O)COc2ccc(C(C)(C)C)cc2)c1O. The van der Waals surface area contributed by atoms with Crippen LogP contribution in [0.2, 0.25) is 0 Å². The Balaban J connectivity index is 1.92. The number of hydrogen-bond donors (Lipinski definition) is 3. The molecular weight excluding hydrogens is 346 g/mol. The molecule has 7 nitrogen and oxygen atoms in total. The standard InChI is InChI=1S/C20H25N3O4/c1-13-19(26)17(14(11-24)9-21-13)10-22-23-18(25)12-27-16-7-5-15(6-8-16)20(2,3)4/h5-10,24,26H,11-12H2,1-4H3,(H,23,25). The van der Waals surface area contributed by atoms with Gasteiger partial charge in [0, 0.05) is 17.3 Å². The fourth-order valence-corrected chi connectivity index (χ4v) is 2.32. The number of rotatable bonds is 6. The molecule has 0 radical (unpaired) electrons. The van der Waals surface area contributed by atoms with E-state index in [0.29, 0.717) is 22.6 Å². The van der Waals surface area contributed by atoms with E-state index in [9.17, 15) is 15.0 Å². The van der Waals surface area contributed by atoms with E-state index in [0.717, 1.165) is 0 Å². The molecule has 0 aliphatic carbocycles. The first-order valence-corrected chi connectivity index (χ1v) is 8.56. The summed E-state index contributed by atoms with van der Waals surface area (Å²) in [5, 5.41) is 23.1. The van der Waals surface area contributed by atoms with E-state index in [2.05, 4.69) is 36.3 Å². The molecule has 0 aliphatic heterocycles. The van der Waals surface area contributed by atoms with Crippen molar-refractivity contribution < 1.29 is 19.7 Å². The maximum absolute atomic E-state index is 11.9. The predicted molar refractivity (Wildman–Crippen MR) is 103 cm³/mol. The van der Waals surface area contributed by atoms with E-state index >= 15 is 0 Å². The Hall–Kier alpha value is -2.93. The molecule has 1 heterocycles. The van der Waals surface area contributed by atoms with Gasteiger partial charge in [0.25, 0.3) is 5.91 Å². The lowest BCUT2D eigenvalue weighted by atomic mass is 9.87. The number of benzene rings is 1. The summed E-state index contributed by atoms with van der Waals surface area (Å²) in [6, 6.07) is 7.58. The summed E-state index contributed by atoms with van der Waals surface area (Å²) in [7, 11) is 0. The minimum atomic E-state index is -0.443. The molecule has 27 heavy (non-hydrogen) atoms. The Morgan fingerprint density at radius 2 is 1.96 bits per heavy atom. The second kappa shape index (κ2) is 8.64. The van der Waals surface area contributed by atoms with Crippen molar-refractivity contribution in [3.05, 3.63) is 52.8 Å². The van der Waals surface area contributed by atoms with Gasteiger partial charge in [0.2, 0.25) is 0 Å². The molecule has 0 unspecified atom stereocenters. The van der Waals surface area contributed by atoms with Gasteiger partial charge in [-0.15, -0.1) is 0 Å². The summed E-state index contributed by atoms with van der Waals surface area (Å²) >= 11 is 0. The van der Waals surface area contributed by atoms with Crippen molar-refractivity contribution in [3.8, 4) is 11.5 Å². The van der Waals surface area contributed by atoms with Crippen LogP contribution in [0.5, 0.6) is 11.5 Å². The molecule has 144 valence electrons. The molecule has 1 aromatic heterocycles. The predicted octanol–water partition coefficient (Wildman–Crippen LogP) is 2.41. The minimum absolute atomic E-state index is 0.0505. The number of aliphatic hydroxyl groups excluding tert-OH is 1. The van der Waals surface area contributed by atoms with Gasteiger partial charge >= 0.3 is 0 Å². The number of aryl methyl sites for hydroxylation is 1. The molecule has 0 fully saturated rings. The van der Waals surface area contributed by atoms with Gasteiger partial charge in [-0.3, -0.25) is 9.78 Å². The zero-order valence-corrected chi connectivity index (χ0v) is 16.0. The topological polar surface area (TPSA) is 104 Å². The number of carbonyl (C=O) groups excluding carboxylic acids is 1. The third-order valence-electron chi connectivity index (χ3n) is 4.00. The van der Waals surface area contributed by atoms with Crippen molar-refractivity contribution >= 4 is 12.1 Å². The second-order valence-electron chi connectivity index (χ2n) is 7.15. The van der Waals surface area contributed by atoms with Gasteiger partial charge in [-0.25, -0.2) is 5.43 Å². The lowest BCUT2D eigenvalue weighted by molar-refractivity contribution is -0.123. The van der Waals surface area contributed by atoms with Crippen LogP contribution in [0.15, 0.2) is 35.6 Å². The number of hydrazone groups is 1. The monoisotopic (exact) mass is 371 g/mol. The van der Waals surface area contributed by atoms with Crippen LogP contribution < -0.4 is 10.2 Å². The highest BCUT2D eigenvalue weighted by Gasteiger charge is 2.13. The van der Waals surface area contributed by atoms with Gasteiger partial charge in [0.05, 0.1) is 18.5 Å². The number of hydrogen-bond acceptors (Lipinski definition) is 6. The van der Waals surface area contributed by atoms with Crippen molar-refractivity contribution in [3.63, 3.8) is 0 Å². The molecule has 0 atom stereocenters. The van der Waals surface area contributed by atoms with Gasteiger partial charge in [0.1, 0.15) is 11.5 Å². The number of pyridine rings is 1. The molecule has 3 N–H and O–H groups in total. The van der Waals surface area contributed by atoms with Crippen LogP contribution in [0.4, 0.5) is 0 Å². The molecule has 2 aromatic rings. The summed E-state index contributed by atoms with van der Waals surface area (Å²) < 4.78 is 5.44. The molecule has 0 saturated heterocycles. The third-order valence-corrected chi connectivity index (χ3v) is 4.00. The molecule has 0 saturated carbocycles. The second-order valence-corrected chi connectivity index (χ2v) is 7.15. The average molecular weight is 371 g/mol. The summed E-state index contributed by atoms with van der Waals surface area (Å²) in [5.41, 5.74) is 4.68. The van der Waals surface area contributed by atoms with Gasteiger partial charge in [0.15, 0.2) is 6.61 Å². The largest absolute Gasteiger partial charge is 0.505 e. The normalized spacial score (nSPS) is 11.6. The van der Waals surface area contributed by atoms with E-state index in [1.807, 2.05) is 24.3 Å². The third kappa shape index (κ3) is 5.52. The van der Waals surface area contributed by atoms with Crippen LogP contribution in [0.1, 0.15) is 43.2 Å². The van der Waals surface area contributed by atoms with Gasteiger partial charge in [-0.1, -0.05) is 32.9 Å². The highest BCUT2D eigenvalue weighted by Crippen LogP contribution is 2.24. The fourth-order valence-electron chi connectivity index (χ4n) is 2.32. The summed E-state index contributed by atoms with van der Waals surface area (Å²) in [4.78, 5) is 15.8. The molecule has 7 heteroatoms. The zero-order valence-electron chi connectivity index (χ0n) is 16.0. The Labute approximate surface area is 158 Å². The van der Waals surface area contributed by atoms with E-state index in [-0.39, 0.29) is 24.4 Å². The number of carbonyl (C=O) groups is 1. The van der Waals surface area contributed by atoms with Crippen molar-refractivity contribution in [2.24, 2.45) is 5.10 Å². The molecule has 0 bridgehead atoms. The first-order valence-electron chi connectivity index (χ1n) is 8.56. The van der Waals surface area contributed by atoms with E-state index in [1.165, 1.54) is 18.0 Å². The first-order chi connectivity index (χ1) is 12.7. The van der Waals surface area contributed by atoms with Gasteiger partial charge in [-0.2, -0.15) is 5.10 Å². The summed E-state index contributed by atoms with van der Waals surface area (Å²) in [6.45, 7) is 7.51. The molecule has 0 aliphatic rings. The Kier molecular flexibility index (Phi) is 6.52. The van der Waals surface area contributed by atoms with Crippen LogP contribution in [-0.2, 0) is 16.8 Å². The lowest BCUT2D eigenvalue weighted by Crippen LogP contribution is -2.24. The molecule has 1 aromatic carbocycles. The van der Waals surface area contributed by atoms with Crippen molar-refractivity contribution in [1.29, 1.82) is 0 Å². The number of aromatic nitrogens is 1. The highest BCUT2D eigenvalue weighted by molar-refractivity contribution is 5.87. The first kappa shape index (κ1) is 20.4. The summed E-state index contributed by atoms with van der Waals surface area (Å²) in [5.74, 6) is 0.0591. The smallest absolute Gasteiger partial charge is 0.277 e. The van der Waals surface area contributed by atoms with Crippen molar-refractivity contribution in [2.45, 2.75) is 39.7 Å².